The van der Waals surface area contributed by atoms with Gasteiger partial charge in [-0.15, -0.1) is 0 Å². The topological polar surface area (TPSA) is 107 Å². The van der Waals surface area contributed by atoms with Crippen LogP contribution in [0, 0.1) is 29.5 Å². The summed E-state index contributed by atoms with van der Waals surface area (Å²) in [6.07, 6.45) is 3.13. The van der Waals surface area contributed by atoms with Crippen molar-refractivity contribution in [3.05, 3.63) is 119 Å². The largest absolute Gasteiger partial charge is 0.507 e. The minimum absolute atomic E-state index is 0.0710. The quantitative estimate of drug-likeness (QED) is 0.173. The minimum Gasteiger partial charge on any atom is -0.507 e. The number of hydrogen-bond acceptors (Lipinski definition) is 6. The van der Waals surface area contributed by atoms with Gasteiger partial charge in [0.1, 0.15) is 11.6 Å². The molecule has 0 unspecified atom stereocenters. The van der Waals surface area contributed by atoms with E-state index in [2.05, 4.69) is 5.43 Å². The number of benzene rings is 4. The number of imide groups is 2. The fraction of sp³-hybridized carbons (Fsp3) is 0.282. The molecule has 4 aliphatic rings. The van der Waals surface area contributed by atoms with Crippen molar-refractivity contribution in [3.63, 3.8) is 0 Å². The second-order valence-electron chi connectivity index (χ2n) is 13.4. The molecule has 0 aromatic heterocycles. The molecular weight excluding hydrogens is 645 g/mol. The van der Waals surface area contributed by atoms with E-state index in [4.69, 9.17) is 11.6 Å². The van der Waals surface area contributed by atoms with Crippen molar-refractivity contribution in [1.82, 2.24) is 9.91 Å². The molecule has 0 spiro atoms. The maximum Gasteiger partial charge on any atom is 0.260 e. The van der Waals surface area contributed by atoms with Crippen molar-refractivity contribution < 1.29 is 28.7 Å². The fourth-order valence-electron chi connectivity index (χ4n) is 9.07. The second-order valence-corrected chi connectivity index (χ2v) is 13.9. The Balaban J connectivity index is 1.39. The van der Waals surface area contributed by atoms with E-state index < -0.39 is 52.6 Å². The van der Waals surface area contributed by atoms with E-state index in [1.165, 1.54) is 29.2 Å². The molecule has 6 atom stereocenters. The maximum absolute atomic E-state index is 15.3. The first-order valence-electron chi connectivity index (χ1n) is 16.6. The summed E-state index contributed by atoms with van der Waals surface area (Å²) in [6, 6.07) is 23.1. The summed E-state index contributed by atoms with van der Waals surface area (Å²) < 4.78 is 13.9. The lowest BCUT2D eigenvalue weighted by Gasteiger charge is -2.51. The Bertz CT molecular complexity index is 2080. The van der Waals surface area contributed by atoms with Crippen molar-refractivity contribution in [3.8, 4) is 5.75 Å². The first-order valence-corrected chi connectivity index (χ1v) is 17.0. The molecule has 2 heterocycles. The second kappa shape index (κ2) is 11.6. The highest BCUT2D eigenvalue weighted by Gasteiger charge is 2.70. The number of phenols is 1. The number of hydrogen-bond donors (Lipinski definition) is 2. The number of hydrazine groups is 1. The molecule has 3 fully saturated rings. The molecule has 2 saturated heterocycles. The number of nitrogens with zero attached hydrogens (tertiary/aromatic N) is 2. The van der Waals surface area contributed by atoms with E-state index in [0.717, 1.165) is 16.1 Å². The predicted molar refractivity (Wildman–Crippen MR) is 182 cm³/mol. The Kier molecular flexibility index (Phi) is 7.37. The van der Waals surface area contributed by atoms with Crippen LogP contribution >= 0.6 is 11.6 Å². The molecule has 1 saturated carbocycles. The van der Waals surface area contributed by atoms with Crippen molar-refractivity contribution in [2.24, 2.45) is 23.7 Å². The van der Waals surface area contributed by atoms with Crippen LogP contribution in [0.5, 0.6) is 5.75 Å². The Labute approximate surface area is 287 Å². The zero-order valence-corrected chi connectivity index (χ0v) is 27.4. The van der Waals surface area contributed by atoms with E-state index >= 15 is 4.79 Å². The van der Waals surface area contributed by atoms with E-state index in [9.17, 15) is 23.9 Å². The van der Waals surface area contributed by atoms with Gasteiger partial charge in [-0.3, -0.25) is 29.5 Å². The van der Waals surface area contributed by atoms with Crippen LogP contribution in [0.4, 0.5) is 10.1 Å². The van der Waals surface area contributed by atoms with Crippen LogP contribution in [0.25, 0.3) is 10.8 Å². The maximum atomic E-state index is 15.3. The third-order valence-corrected chi connectivity index (χ3v) is 11.3. The Hall–Kier alpha value is -5.02. The van der Waals surface area contributed by atoms with Gasteiger partial charge in [0.05, 0.1) is 28.9 Å². The summed E-state index contributed by atoms with van der Waals surface area (Å²) in [5.41, 5.74) is 3.94. The van der Waals surface area contributed by atoms with Gasteiger partial charge < -0.3 is 5.11 Å². The van der Waals surface area contributed by atoms with Gasteiger partial charge in [0.2, 0.25) is 11.8 Å². The van der Waals surface area contributed by atoms with Gasteiger partial charge in [-0.25, -0.2) is 4.39 Å². The SMILES string of the molecule is CCCN1C(=O)[C@H]2[C@H](CC=C3[C@H]2C[C@H]2C(=O)N(Nc4ccc(F)cc4)C(=O)[C@@]2(c2ccc(Cl)cc2)[C@H]3c2ccc(O)c3ccccc23)C1=O. The lowest BCUT2D eigenvalue weighted by molar-refractivity contribution is -0.141. The molecule has 49 heavy (non-hydrogen) atoms. The van der Waals surface area contributed by atoms with Crippen molar-refractivity contribution in [1.29, 1.82) is 0 Å². The number of phenolic OH excluding ortho intramolecular Hbond substituents is 1. The monoisotopic (exact) mass is 677 g/mol. The average molecular weight is 678 g/mol. The van der Waals surface area contributed by atoms with Crippen LogP contribution in [-0.4, -0.2) is 45.2 Å². The van der Waals surface area contributed by atoms with Gasteiger partial charge in [0.25, 0.3) is 11.8 Å². The molecule has 10 heteroatoms. The summed E-state index contributed by atoms with van der Waals surface area (Å²) >= 11 is 6.38. The third-order valence-electron chi connectivity index (χ3n) is 11.0. The summed E-state index contributed by atoms with van der Waals surface area (Å²) in [4.78, 5) is 59.1. The molecule has 8 nitrogen and oxygen atoms in total. The Morgan fingerprint density at radius 3 is 2.31 bits per heavy atom. The normalized spacial score (nSPS) is 27.7. The lowest BCUT2D eigenvalue weighted by Crippen LogP contribution is -2.53. The molecule has 0 bridgehead atoms. The standard InChI is InChI=1S/C39H33ClFN3O5/c1-2-19-43-35(46)29-16-15-28-30(33(29)37(43)48)20-31-36(47)44(42-24-13-11-23(41)12-14-24)38(49)39(31,21-7-9-22(40)10-8-21)34(28)27-17-18-32(45)26-6-4-3-5-25(26)27/h3-15,17-18,29-31,33-34,42,45H,2,16,19-20H2,1H3/t29-,30+,31-,33-,34-,39+/m0/s1. The molecule has 4 amide bonds. The third kappa shape index (κ3) is 4.48. The molecular formula is C39H33ClFN3O5. The van der Waals surface area contributed by atoms with E-state index in [1.807, 2.05) is 31.2 Å². The zero-order chi connectivity index (χ0) is 34.2. The minimum atomic E-state index is -1.50. The van der Waals surface area contributed by atoms with Crippen LogP contribution < -0.4 is 5.43 Å². The highest BCUT2D eigenvalue weighted by atomic mass is 35.5. The number of carbonyl (C=O) groups is 4. The van der Waals surface area contributed by atoms with Gasteiger partial charge in [-0.05, 0) is 84.2 Å². The first kappa shape index (κ1) is 31.3. The molecule has 4 aromatic rings. The first-order chi connectivity index (χ1) is 23.7. The van der Waals surface area contributed by atoms with Crippen LogP contribution in [0.2, 0.25) is 5.02 Å². The summed E-state index contributed by atoms with van der Waals surface area (Å²) in [5.74, 6) is -5.23. The number of fused-ring (bicyclic) bond motifs is 5. The van der Waals surface area contributed by atoms with Crippen LogP contribution in [0.15, 0.2) is 96.6 Å². The van der Waals surface area contributed by atoms with Crippen LogP contribution in [-0.2, 0) is 24.6 Å². The number of anilines is 1. The Morgan fingerprint density at radius 2 is 1.59 bits per heavy atom. The van der Waals surface area contributed by atoms with Gasteiger partial charge in [0.15, 0.2) is 0 Å². The molecule has 2 N–H and O–H groups in total. The number of amides is 4. The molecule has 4 aromatic carbocycles. The van der Waals surface area contributed by atoms with Crippen molar-refractivity contribution >= 4 is 51.7 Å². The number of likely N-dealkylation sites (tertiary alicyclic amines) is 1. The fourth-order valence-corrected chi connectivity index (χ4v) is 9.19. The molecule has 2 aliphatic carbocycles. The van der Waals surface area contributed by atoms with Crippen LogP contribution in [0.3, 0.4) is 0 Å². The molecule has 2 aliphatic heterocycles. The highest BCUT2D eigenvalue weighted by molar-refractivity contribution is 6.30. The number of rotatable bonds is 6. The summed E-state index contributed by atoms with van der Waals surface area (Å²) in [7, 11) is 0. The number of nitrogens with one attached hydrogen (secondary N) is 1. The lowest BCUT2D eigenvalue weighted by atomic mass is 9.49. The van der Waals surface area contributed by atoms with Gasteiger partial charge in [-0.1, -0.05) is 72.6 Å². The van der Waals surface area contributed by atoms with E-state index in [0.29, 0.717) is 46.4 Å². The number of carbonyl (C=O) groups excluding carboxylic acids is 4. The predicted octanol–water partition coefficient (Wildman–Crippen LogP) is 6.73. The van der Waals surface area contributed by atoms with E-state index in [-0.39, 0.29) is 24.0 Å². The van der Waals surface area contributed by atoms with Crippen molar-refractivity contribution in [2.75, 3.05) is 12.0 Å². The summed E-state index contributed by atoms with van der Waals surface area (Å²) in [5, 5.41) is 13.7. The van der Waals surface area contributed by atoms with Crippen molar-refractivity contribution in [2.45, 2.75) is 37.5 Å². The number of allylic oxidation sites excluding steroid dienone is 2. The number of aromatic hydroxyl groups is 1. The van der Waals surface area contributed by atoms with Gasteiger partial charge >= 0.3 is 0 Å². The van der Waals surface area contributed by atoms with Gasteiger partial charge in [-0.2, -0.15) is 5.01 Å². The number of halogens is 2. The zero-order valence-electron chi connectivity index (χ0n) is 26.6. The van der Waals surface area contributed by atoms with Gasteiger partial charge in [0, 0.05) is 22.9 Å². The Morgan fingerprint density at radius 1 is 0.878 bits per heavy atom. The molecule has 248 valence electrons. The average Bonchev–Trinajstić information content (AvgIpc) is 3.47. The smallest absolute Gasteiger partial charge is 0.260 e. The summed E-state index contributed by atoms with van der Waals surface area (Å²) in [6.45, 7) is 2.24. The van der Waals surface area contributed by atoms with Crippen LogP contribution in [0.1, 0.15) is 43.2 Å². The molecule has 8 rings (SSSR count). The highest BCUT2D eigenvalue weighted by Crippen LogP contribution is 2.64. The molecule has 0 radical (unpaired) electrons. The van der Waals surface area contributed by atoms with E-state index in [1.54, 1.807) is 42.5 Å².